The minimum atomic E-state index is -4.42. The Balaban J connectivity index is 1.73. The molecule has 1 amide bonds. The molecule has 0 atom stereocenters. The number of anilines is 1. The summed E-state index contributed by atoms with van der Waals surface area (Å²) in [5.41, 5.74) is -0.331. The molecule has 0 radical (unpaired) electrons. The molecule has 140 valence electrons. The molecule has 1 N–H and O–H groups in total. The van der Waals surface area contributed by atoms with Crippen LogP contribution in [0.2, 0.25) is 10.0 Å². The van der Waals surface area contributed by atoms with Gasteiger partial charge in [-0.25, -0.2) is 4.98 Å². The summed E-state index contributed by atoms with van der Waals surface area (Å²) in [6, 6.07) is 7.42. The molecule has 0 aliphatic rings. The van der Waals surface area contributed by atoms with Gasteiger partial charge in [0.25, 0.3) is 0 Å². The van der Waals surface area contributed by atoms with Crippen LogP contribution in [0.5, 0.6) is 0 Å². The molecule has 0 saturated heterocycles. The number of halogens is 5. The van der Waals surface area contributed by atoms with Crippen molar-refractivity contribution in [3.05, 3.63) is 70.0 Å². The summed E-state index contributed by atoms with van der Waals surface area (Å²) in [6.07, 6.45) is -1.69. The molecule has 3 aromatic rings. The van der Waals surface area contributed by atoms with E-state index in [9.17, 15) is 18.0 Å². The van der Waals surface area contributed by atoms with E-state index in [0.29, 0.717) is 16.4 Å². The van der Waals surface area contributed by atoms with Crippen molar-refractivity contribution in [3.63, 3.8) is 0 Å². The Morgan fingerprint density at radius 3 is 2.48 bits per heavy atom. The van der Waals surface area contributed by atoms with Crippen molar-refractivity contribution in [2.45, 2.75) is 12.6 Å². The van der Waals surface area contributed by atoms with Gasteiger partial charge in [0.15, 0.2) is 5.82 Å². The fraction of sp³-hybridized carbons (Fsp3) is 0.118. The first-order valence-electron chi connectivity index (χ1n) is 7.55. The van der Waals surface area contributed by atoms with E-state index in [1.54, 1.807) is 0 Å². The maximum absolute atomic E-state index is 12.6. The second kappa shape index (κ2) is 7.58. The van der Waals surface area contributed by atoms with Gasteiger partial charge in [-0.3, -0.25) is 4.79 Å². The van der Waals surface area contributed by atoms with Gasteiger partial charge in [0.2, 0.25) is 5.91 Å². The monoisotopic (exact) mass is 414 g/mol. The minimum absolute atomic E-state index is 0.106. The molecule has 27 heavy (non-hydrogen) atoms. The largest absolute Gasteiger partial charge is 0.416 e. The third-order valence-electron chi connectivity index (χ3n) is 3.55. The fourth-order valence-corrected chi connectivity index (χ4v) is 2.77. The van der Waals surface area contributed by atoms with E-state index < -0.39 is 17.6 Å². The van der Waals surface area contributed by atoms with Crippen LogP contribution in [-0.2, 0) is 17.4 Å². The Morgan fingerprint density at radius 1 is 1.15 bits per heavy atom. The summed E-state index contributed by atoms with van der Waals surface area (Å²) < 4.78 is 39.1. The van der Waals surface area contributed by atoms with Crippen LogP contribution in [-0.4, -0.2) is 20.7 Å². The molecule has 0 unspecified atom stereocenters. The predicted molar refractivity (Wildman–Crippen MR) is 95.2 cm³/mol. The lowest BCUT2D eigenvalue weighted by Crippen LogP contribution is -2.17. The van der Waals surface area contributed by atoms with Crippen molar-refractivity contribution in [3.8, 4) is 5.82 Å². The van der Waals surface area contributed by atoms with E-state index in [-0.39, 0.29) is 17.3 Å². The molecule has 0 aliphatic heterocycles. The van der Waals surface area contributed by atoms with Gasteiger partial charge in [-0.05, 0) is 23.8 Å². The Kier molecular flexibility index (Phi) is 5.38. The number of alkyl halides is 3. The van der Waals surface area contributed by atoms with E-state index in [2.05, 4.69) is 15.4 Å². The van der Waals surface area contributed by atoms with Crippen molar-refractivity contribution in [1.82, 2.24) is 14.8 Å². The Labute approximate surface area is 161 Å². The second-order valence-corrected chi connectivity index (χ2v) is 6.35. The highest BCUT2D eigenvalue weighted by Gasteiger charge is 2.30. The average Bonchev–Trinajstić information content (AvgIpc) is 3.02. The third kappa shape index (κ3) is 4.58. The Bertz CT molecular complexity index is 971. The third-order valence-corrected chi connectivity index (χ3v) is 4.03. The molecule has 0 saturated carbocycles. The lowest BCUT2D eigenvalue weighted by Gasteiger charge is -2.10. The van der Waals surface area contributed by atoms with Crippen LogP contribution < -0.4 is 5.32 Å². The second-order valence-electron chi connectivity index (χ2n) is 5.51. The van der Waals surface area contributed by atoms with Gasteiger partial charge < -0.3 is 5.32 Å². The highest BCUT2D eigenvalue weighted by atomic mass is 35.5. The molecule has 5 nitrogen and oxygen atoms in total. The summed E-state index contributed by atoms with van der Waals surface area (Å²) in [5.74, 6) is 0.154. The number of nitrogens with zero attached hydrogens (tertiary/aromatic N) is 3. The van der Waals surface area contributed by atoms with Crippen molar-refractivity contribution in [1.29, 1.82) is 0 Å². The standard InChI is InChI=1S/C17H11Cl2F3N4O/c18-12-8-13(19)16(23-9-12)26-14(5-6-24-26)25-15(27)7-10-1-3-11(4-2-10)17(20,21)22/h1-6,8-9H,7H2,(H,25,27). The molecular weight excluding hydrogens is 404 g/mol. The van der Waals surface area contributed by atoms with Crippen LogP contribution in [0.15, 0.2) is 48.8 Å². The smallest absolute Gasteiger partial charge is 0.310 e. The molecular formula is C17H11Cl2F3N4O. The maximum Gasteiger partial charge on any atom is 0.416 e. The number of carbonyl (C=O) groups is 1. The summed E-state index contributed by atoms with van der Waals surface area (Å²) in [5, 5.41) is 7.29. The van der Waals surface area contributed by atoms with Crippen LogP contribution in [0, 0.1) is 0 Å². The summed E-state index contributed by atoms with van der Waals surface area (Å²) >= 11 is 11.9. The van der Waals surface area contributed by atoms with Crippen molar-refractivity contribution < 1.29 is 18.0 Å². The number of amides is 1. The van der Waals surface area contributed by atoms with Crippen molar-refractivity contribution >= 4 is 34.9 Å². The molecule has 0 spiro atoms. The zero-order chi connectivity index (χ0) is 19.6. The van der Waals surface area contributed by atoms with Gasteiger partial charge in [0.1, 0.15) is 5.82 Å². The van der Waals surface area contributed by atoms with E-state index in [1.807, 2.05) is 0 Å². The van der Waals surface area contributed by atoms with Gasteiger partial charge in [-0.15, -0.1) is 0 Å². The van der Waals surface area contributed by atoms with Crippen LogP contribution in [0.3, 0.4) is 0 Å². The maximum atomic E-state index is 12.6. The lowest BCUT2D eigenvalue weighted by atomic mass is 10.1. The number of hydrogen-bond acceptors (Lipinski definition) is 3. The van der Waals surface area contributed by atoms with E-state index in [4.69, 9.17) is 23.2 Å². The molecule has 1 aromatic carbocycles. The number of aromatic nitrogens is 3. The minimum Gasteiger partial charge on any atom is -0.310 e. The van der Waals surface area contributed by atoms with Crippen LogP contribution >= 0.6 is 23.2 Å². The highest BCUT2D eigenvalue weighted by Crippen LogP contribution is 2.29. The Morgan fingerprint density at radius 2 is 1.85 bits per heavy atom. The molecule has 0 aliphatic carbocycles. The summed E-state index contributed by atoms with van der Waals surface area (Å²) in [6.45, 7) is 0. The van der Waals surface area contributed by atoms with E-state index in [0.717, 1.165) is 12.1 Å². The molecule has 10 heteroatoms. The highest BCUT2D eigenvalue weighted by molar-refractivity contribution is 6.35. The predicted octanol–water partition coefficient (Wildman–Crippen LogP) is 4.77. The molecule has 3 rings (SSSR count). The molecule has 0 bridgehead atoms. The number of rotatable bonds is 4. The van der Waals surface area contributed by atoms with Crippen molar-refractivity contribution in [2.75, 3.05) is 5.32 Å². The zero-order valence-corrected chi connectivity index (χ0v) is 15.0. The van der Waals surface area contributed by atoms with Gasteiger partial charge in [-0.2, -0.15) is 23.0 Å². The van der Waals surface area contributed by atoms with Crippen LogP contribution in [0.4, 0.5) is 19.0 Å². The zero-order valence-electron chi connectivity index (χ0n) is 13.5. The van der Waals surface area contributed by atoms with Gasteiger partial charge in [-0.1, -0.05) is 35.3 Å². The normalized spacial score (nSPS) is 11.4. The van der Waals surface area contributed by atoms with Gasteiger partial charge >= 0.3 is 6.18 Å². The van der Waals surface area contributed by atoms with Crippen molar-refractivity contribution in [2.24, 2.45) is 0 Å². The number of hydrogen-bond donors (Lipinski definition) is 1. The SMILES string of the molecule is O=C(Cc1ccc(C(F)(F)F)cc1)Nc1ccnn1-c1ncc(Cl)cc1Cl. The Hall–Kier alpha value is -2.58. The van der Waals surface area contributed by atoms with Gasteiger partial charge in [0.05, 0.1) is 28.2 Å². The average molecular weight is 415 g/mol. The number of carbonyl (C=O) groups excluding carboxylic acids is 1. The number of benzene rings is 1. The summed E-state index contributed by atoms with van der Waals surface area (Å²) in [4.78, 5) is 16.3. The van der Waals surface area contributed by atoms with Crippen LogP contribution in [0.25, 0.3) is 5.82 Å². The molecule has 2 aromatic heterocycles. The fourth-order valence-electron chi connectivity index (χ4n) is 2.31. The molecule has 0 fully saturated rings. The van der Waals surface area contributed by atoms with Gasteiger partial charge in [0, 0.05) is 12.3 Å². The van der Waals surface area contributed by atoms with Crippen LogP contribution in [0.1, 0.15) is 11.1 Å². The number of pyridine rings is 1. The first-order valence-corrected chi connectivity index (χ1v) is 8.31. The summed E-state index contributed by atoms with van der Waals surface area (Å²) in [7, 11) is 0. The quantitative estimate of drug-likeness (QED) is 0.668. The topological polar surface area (TPSA) is 59.8 Å². The van der Waals surface area contributed by atoms with E-state index >= 15 is 0 Å². The lowest BCUT2D eigenvalue weighted by molar-refractivity contribution is -0.137. The van der Waals surface area contributed by atoms with E-state index in [1.165, 1.54) is 41.3 Å². The first-order chi connectivity index (χ1) is 12.7. The molecule has 2 heterocycles. The first kappa shape index (κ1) is 19.2. The number of nitrogens with one attached hydrogen (secondary N) is 1.